The number of hydrogen-bond donors (Lipinski definition) is 0. The van der Waals surface area contributed by atoms with E-state index in [0.717, 1.165) is 16.7 Å². The minimum Gasteiger partial charge on any atom is -0.463 e. The molecule has 1 aliphatic heterocycles. The molecule has 0 spiro atoms. The molecule has 0 aliphatic carbocycles. The lowest BCUT2D eigenvalue weighted by atomic mass is 9.93. The fraction of sp³-hybridized carbons (Fsp3) is 0.107. The zero-order chi connectivity index (χ0) is 24.4. The molecular weight excluding hydrogens is 480 g/mol. The van der Waals surface area contributed by atoms with E-state index in [4.69, 9.17) is 21.3 Å². The Labute approximate surface area is 210 Å². The first-order valence-corrected chi connectivity index (χ1v) is 12.4. The van der Waals surface area contributed by atoms with Crippen LogP contribution in [0.5, 0.6) is 0 Å². The van der Waals surface area contributed by atoms with Gasteiger partial charge in [0.2, 0.25) is 0 Å². The van der Waals surface area contributed by atoms with Gasteiger partial charge < -0.3 is 4.74 Å². The van der Waals surface area contributed by atoms with Gasteiger partial charge in [0.05, 0.1) is 28.5 Å². The molecule has 0 bridgehead atoms. The quantitative estimate of drug-likeness (QED) is 0.377. The summed E-state index contributed by atoms with van der Waals surface area (Å²) in [5, 5.41) is 0.551. The van der Waals surface area contributed by atoms with E-state index in [2.05, 4.69) is 0 Å². The van der Waals surface area contributed by atoms with Crippen molar-refractivity contribution in [1.82, 2.24) is 4.57 Å². The van der Waals surface area contributed by atoms with Gasteiger partial charge >= 0.3 is 5.97 Å². The Bertz CT molecular complexity index is 1610. The molecule has 35 heavy (non-hydrogen) atoms. The molecule has 1 aromatic heterocycles. The van der Waals surface area contributed by atoms with Crippen molar-refractivity contribution in [3.63, 3.8) is 0 Å². The molecule has 0 saturated heterocycles. The first-order chi connectivity index (χ1) is 17.1. The number of nitrogens with zero attached hydrogens (tertiary/aromatic N) is 2. The van der Waals surface area contributed by atoms with Crippen LogP contribution in [0.3, 0.4) is 0 Å². The number of benzene rings is 3. The largest absolute Gasteiger partial charge is 0.463 e. The highest BCUT2D eigenvalue weighted by molar-refractivity contribution is 7.07. The zero-order valence-electron chi connectivity index (χ0n) is 18.9. The van der Waals surface area contributed by atoms with Gasteiger partial charge in [0.1, 0.15) is 0 Å². The van der Waals surface area contributed by atoms with Gasteiger partial charge in [0.15, 0.2) is 4.80 Å². The predicted molar refractivity (Wildman–Crippen MR) is 139 cm³/mol. The molecule has 5 nitrogen and oxygen atoms in total. The number of carbonyl (C=O) groups excluding carboxylic acids is 1. The topological polar surface area (TPSA) is 60.7 Å². The van der Waals surface area contributed by atoms with Crippen LogP contribution in [0.4, 0.5) is 0 Å². The van der Waals surface area contributed by atoms with E-state index in [1.165, 1.54) is 11.3 Å². The van der Waals surface area contributed by atoms with Crippen LogP contribution in [0.15, 0.2) is 100 Å². The number of thiazole rings is 1. The van der Waals surface area contributed by atoms with Crippen molar-refractivity contribution in [2.24, 2.45) is 4.99 Å². The number of rotatable bonds is 5. The maximum absolute atomic E-state index is 13.7. The summed E-state index contributed by atoms with van der Waals surface area (Å²) >= 11 is 7.62. The van der Waals surface area contributed by atoms with Crippen LogP contribution in [0.25, 0.3) is 11.8 Å². The molecule has 2 heterocycles. The molecule has 1 atom stereocenters. The zero-order valence-corrected chi connectivity index (χ0v) is 20.4. The van der Waals surface area contributed by atoms with Crippen molar-refractivity contribution < 1.29 is 9.53 Å². The van der Waals surface area contributed by atoms with Crippen LogP contribution in [-0.4, -0.2) is 17.1 Å². The molecule has 0 saturated carbocycles. The van der Waals surface area contributed by atoms with Crippen LogP contribution < -0.4 is 14.9 Å². The van der Waals surface area contributed by atoms with Crippen LogP contribution in [0.1, 0.15) is 29.7 Å². The Morgan fingerprint density at radius 1 is 1.03 bits per heavy atom. The second kappa shape index (κ2) is 9.86. The summed E-state index contributed by atoms with van der Waals surface area (Å²) < 4.78 is 7.53. The monoisotopic (exact) mass is 500 g/mol. The van der Waals surface area contributed by atoms with Gasteiger partial charge in [0.25, 0.3) is 5.56 Å². The van der Waals surface area contributed by atoms with E-state index in [-0.39, 0.29) is 12.2 Å². The number of carbonyl (C=O) groups is 1. The van der Waals surface area contributed by atoms with E-state index in [1.807, 2.05) is 78.9 Å². The maximum Gasteiger partial charge on any atom is 0.338 e. The molecule has 4 aromatic rings. The molecule has 5 rings (SSSR count). The normalized spacial score (nSPS) is 15.5. The van der Waals surface area contributed by atoms with E-state index in [0.29, 0.717) is 25.6 Å². The molecule has 0 unspecified atom stereocenters. The lowest BCUT2D eigenvalue weighted by Gasteiger charge is -2.25. The Kier molecular flexibility index (Phi) is 6.49. The molecule has 7 heteroatoms. The summed E-state index contributed by atoms with van der Waals surface area (Å²) in [7, 11) is 0. The van der Waals surface area contributed by atoms with Crippen molar-refractivity contribution in [2.45, 2.75) is 13.0 Å². The molecule has 3 aromatic carbocycles. The SMILES string of the molecule is CCOC(=O)C1=C(c2ccccc2)N=c2s/c(=C\c3ccccc3Cl)c(=O)n2[C@H]1c1ccccc1. The highest BCUT2D eigenvalue weighted by Crippen LogP contribution is 2.35. The third-order valence-electron chi connectivity index (χ3n) is 5.68. The lowest BCUT2D eigenvalue weighted by Crippen LogP contribution is -2.40. The van der Waals surface area contributed by atoms with Gasteiger partial charge in [-0.3, -0.25) is 9.36 Å². The van der Waals surface area contributed by atoms with Crippen molar-refractivity contribution >= 4 is 40.7 Å². The highest BCUT2D eigenvalue weighted by atomic mass is 35.5. The van der Waals surface area contributed by atoms with Crippen molar-refractivity contribution in [1.29, 1.82) is 0 Å². The molecule has 0 fully saturated rings. The minimum absolute atomic E-state index is 0.211. The van der Waals surface area contributed by atoms with Crippen LogP contribution >= 0.6 is 22.9 Å². The Hall–Kier alpha value is -3.74. The summed E-state index contributed by atoms with van der Waals surface area (Å²) in [5.74, 6) is -0.496. The van der Waals surface area contributed by atoms with Gasteiger partial charge in [-0.05, 0) is 30.2 Å². The van der Waals surface area contributed by atoms with Crippen molar-refractivity contribution in [3.05, 3.63) is 132 Å². The number of aromatic nitrogens is 1. The summed E-state index contributed by atoms with van der Waals surface area (Å²) in [6.07, 6.45) is 1.77. The molecule has 0 N–H and O–H groups in total. The molecular formula is C28H21ClN2O3S. The molecule has 0 amide bonds. The van der Waals surface area contributed by atoms with E-state index in [1.54, 1.807) is 23.6 Å². The van der Waals surface area contributed by atoms with E-state index < -0.39 is 12.0 Å². The third-order valence-corrected chi connectivity index (χ3v) is 7.01. The second-order valence-electron chi connectivity index (χ2n) is 7.86. The van der Waals surface area contributed by atoms with Gasteiger partial charge in [-0.25, -0.2) is 9.79 Å². The summed E-state index contributed by atoms with van der Waals surface area (Å²) in [5.41, 5.74) is 2.91. The average Bonchev–Trinajstić information content (AvgIpc) is 3.20. The van der Waals surface area contributed by atoms with Gasteiger partial charge in [0, 0.05) is 10.6 Å². The van der Waals surface area contributed by atoms with Crippen LogP contribution in [0, 0.1) is 0 Å². The first kappa shape index (κ1) is 23.0. The molecule has 0 radical (unpaired) electrons. The standard InChI is InChI=1S/C28H21ClN2O3S/c1-2-34-27(33)23-24(18-11-5-3-6-12-18)30-28-31(25(23)19-13-7-4-8-14-19)26(32)22(35-28)17-20-15-9-10-16-21(20)29/h3-17,25H,2H2,1H3/b22-17-/t25-/m0/s1. The van der Waals surface area contributed by atoms with Crippen molar-refractivity contribution in [2.75, 3.05) is 6.61 Å². The molecule has 174 valence electrons. The Morgan fingerprint density at radius 3 is 2.37 bits per heavy atom. The summed E-state index contributed by atoms with van der Waals surface area (Å²) in [4.78, 5) is 32.4. The minimum atomic E-state index is -0.685. The Balaban J connectivity index is 1.84. The van der Waals surface area contributed by atoms with Crippen molar-refractivity contribution in [3.8, 4) is 0 Å². The maximum atomic E-state index is 13.7. The van der Waals surface area contributed by atoms with Gasteiger partial charge in [-0.15, -0.1) is 0 Å². The Morgan fingerprint density at radius 2 is 1.69 bits per heavy atom. The first-order valence-electron chi connectivity index (χ1n) is 11.2. The van der Waals surface area contributed by atoms with E-state index >= 15 is 0 Å². The van der Waals surface area contributed by atoms with E-state index in [9.17, 15) is 9.59 Å². The highest BCUT2D eigenvalue weighted by Gasteiger charge is 2.35. The fourth-order valence-corrected chi connectivity index (χ4v) is 5.31. The summed E-state index contributed by atoms with van der Waals surface area (Å²) in [6, 6.07) is 25.6. The number of halogens is 1. The fourth-order valence-electron chi connectivity index (χ4n) is 4.12. The number of hydrogen-bond acceptors (Lipinski definition) is 5. The van der Waals surface area contributed by atoms with Gasteiger partial charge in [-0.1, -0.05) is 102 Å². The van der Waals surface area contributed by atoms with Crippen LogP contribution in [0.2, 0.25) is 5.02 Å². The number of ether oxygens (including phenoxy) is 1. The lowest BCUT2D eigenvalue weighted by molar-refractivity contribution is -0.138. The predicted octanol–water partition coefficient (Wildman–Crippen LogP) is 4.59. The average molecular weight is 501 g/mol. The van der Waals surface area contributed by atoms with Gasteiger partial charge in [-0.2, -0.15) is 0 Å². The van der Waals surface area contributed by atoms with Crippen LogP contribution in [-0.2, 0) is 9.53 Å². The molecule has 1 aliphatic rings. The summed E-state index contributed by atoms with van der Waals surface area (Å²) in [6.45, 7) is 1.97. The number of fused-ring (bicyclic) bond motifs is 1. The smallest absolute Gasteiger partial charge is 0.338 e. The second-order valence-corrected chi connectivity index (χ2v) is 9.28. The third kappa shape index (κ3) is 4.38. The number of esters is 1.